The topological polar surface area (TPSA) is 15.3 Å². The van der Waals surface area contributed by atoms with Crippen molar-refractivity contribution in [3.63, 3.8) is 0 Å². The van der Waals surface area contributed by atoms with Gasteiger partial charge in [0.05, 0.1) is 0 Å². The molecule has 0 bridgehead atoms. The standard InChI is InChI=1S/C16H32N2/c1-4-14-8-6-7-9-16(14)18-11-10-15(17-5-2)12-13(18)3/h13-17H,4-12H2,1-3H3. The van der Waals surface area contributed by atoms with E-state index in [1.165, 1.54) is 51.5 Å². The van der Waals surface area contributed by atoms with E-state index in [0.29, 0.717) is 0 Å². The highest BCUT2D eigenvalue weighted by Crippen LogP contribution is 2.34. The van der Waals surface area contributed by atoms with Crippen LogP contribution in [0.5, 0.6) is 0 Å². The van der Waals surface area contributed by atoms with Crippen molar-refractivity contribution in [3.8, 4) is 0 Å². The van der Waals surface area contributed by atoms with Gasteiger partial charge < -0.3 is 5.32 Å². The van der Waals surface area contributed by atoms with E-state index in [4.69, 9.17) is 0 Å². The molecule has 1 heterocycles. The fourth-order valence-corrected chi connectivity index (χ4v) is 4.26. The number of nitrogens with one attached hydrogen (secondary N) is 1. The average Bonchev–Trinajstić information content (AvgIpc) is 2.39. The quantitative estimate of drug-likeness (QED) is 0.825. The second-order valence-electron chi connectivity index (χ2n) is 6.39. The molecule has 2 nitrogen and oxygen atoms in total. The fraction of sp³-hybridized carbons (Fsp3) is 1.00. The molecule has 1 aliphatic carbocycles. The van der Waals surface area contributed by atoms with Gasteiger partial charge in [-0.15, -0.1) is 0 Å². The van der Waals surface area contributed by atoms with Crippen molar-refractivity contribution in [1.29, 1.82) is 0 Å². The Labute approximate surface area is 114 Å². The van der Waals surface area contributed by atoms with Crippen molar-refractivity contribution in [1.82, 2.24) is 10.2 Å². The molecule has 4 atom stereocenters. The Hall–Kier alpha value is -0.0800. The van der Waals surface area contributed by atoms with Gasteiger partial charge in [0.25, 0.3) is 0 Å². The van der Waals surface area contributed by atoms with Crippen LogP contribution in [0, 0.1) is 5.92 Å². The number of nitrogens with zero attached hydrogens (tertiary/aromatic N) is 1. The summed E-state index contributed by atoms with van der Waals surface area (Å²) in [5, 5.41) is 3.64. The summed E-state index contributed by atoms with van der Waals surface area (Å²) < 4.78 is 0. The third kappa shape index (κ3) is 3.27. The normalized spacial score (nSPS) is 38.8. The Balaban J connectivity index is 1.92. The molecule has 106 valence electrons. The zero-order valence-electron chi connectivity index (χ0n) is 12.6. The van der Waals surface area contributed by atoms with Crippen LogP contribution in [-0.4, -0.2) is 36.1 Å². The summed E-state index contributed by atoms with van der Waals surface area (Å²) in [4.78, 5) is 2.85. The minimum absolute atomic E-state index is 0.768. The second-order valence-corrected chi connectivity index (χ2v) is 6.39. The van der Waals surface area contributed by atoms with Crippen LogP contribution in [0.1, 0.15) is 65.7 Å². The van der Waals surface area contributed by atoms with E-state index in [9.17, 15) is 0 Å². The summed E-state index contributed by atoms with van der Waals surface area (Å²) >= 11 is 0. The van der Waals surface area contributed by atoms with Crippen LogP contribution in [0.15, 0.2) is 0 Å². The summed E-state index contributed by atoms with van der Waals surface area (Å²) in [6, 6.07) is 2.44. The molecule has 1 N–H and O–H groups in total. The number of hydrogen-bond donors (Lipinski definition) is 1. The smallest absolute Gasteiger partial charge is 0.0126 e. The monoisotopic (exact) mass is 252 g/mol. The lowest BCUT2D eigenvalue weighted by molar-refractivity contribution is 0.0346. The van der Waals surface area contributed by atoms with Gasteiger partial charge in [-0.1, -0.05) is 33.1 Å². The van der Waals surface area contributed by atoms with Gasteiger partial charge in [0.15, 0.2) is 0 Å². The van der Waals surface area contributed by atoms with E-state index in [1.54, 1.807) is 0 Å². The van der Waals surface area contributed by atoms with Crippen molar-refractivity contribution in [2.24, 2.45) is 5.92 Å². The Bertz CT molecular complexity index is 241. The minimum Gasteiger partial charge on any atom is -0.314 e. The van der Waals surface area contributed by atoms with Gasteiger partial charge in [-0.25, -0.2) is 0 Å². The third-order valence-corrected chi connectivity index (χ3v) is 5.24. The maximum Gasteiger partial charge on any atom is 0.0126 e. The predicted molar refractivity (Wildman–Crippen MR) is 78.9 cm³/mol. The molecule has 0 aromatic rings. The SMILES string of the molecule is CCNC1CCN(C2CCCCC2CC)C(C)C1. The highest BCUT2D eigenvalue weighted by Gasteiger charge is 2.34. The Kier molecular flexibility index (Phi) is 5.50. The van der Waals surface area contributed by atoms with E-state index >= 15 is 0 Å². The molecule has 1 saturated heterocycles. The van der Waals surface area contributed by atoms with Gasteiger partial charge in [-0.3, -0.25) is 4.90 Å². The number of piperidine rings is 1. The van der Waals surface area contributed by atoms with E-state index in [1.807, 2.05) is 0 Å². The Morgan fingerprint density at radius 1 is 1.11 bits per heavy atom. The van der Waals surface area contributed by atoms with Crippen LogP contribution in [0.4, 0.5) is 0 Å². The molecular weight excluding hydrogens is 220 g/mol. The zero-order valence-corrected chi connectivity index (χ0v) is 12.6. The maximum atomic E-state index is 3.64. The first-order chi connectivity index (χ1) is 8.76. The summed E-state index contributed by atoms with van der Waals surface area (Å²) in [6.07, 6.45) is 9.93. The highest BCUT2D eigenvalue weighted by atomic mass is 15.2. The molecule has 0 radical (unpaired) electrons. The zero-order chi connectivity index (χ0) is 13.0. The van der Waals surface area contributed by atoms with Gasteiger partial charge in [0.2, 0.25) is 0 Å². The molecule has 0 aromatic carbocycles. The lowest BCUT2D eigenvalue weighted by atomic mass is 9.80. The molecule has 18 heavy (non-hydrogen) atoms. The van der Waals surface area contributed by atoms with Crippen molar-refractivity contribution >= 4 is 0 Å². The molecule has 2 aliphatic rings. The molecule has 0 amide bonds. The second kappa shape index (κ2) is 6.91. The predicted octanol–water partition coefficient (Wildman–Crippen LogP) is 3.42. The van der Waals surface area contributed by atoms with Crippen LogP contribution in [0.3, 0.4) is 0 Å². The van der Waals surface area contributed by atoms with Crippen molar-refractivity contribution in [3.05, 3.63) is 0 Å². The maximum absolute atomic E-state index is 3.64. The number of rotatable bonds is 4. The number of hydrogen-bond acceptors (Lipinski definition) is 2. The molecule has 1 aliphatic heterocycles. The minimum atomic E-state index is 0.768. The lowest BCUT2D eigenvalue weighted by Crippen LogP contribution is -2.54. The molecule has 0 aromatic heterocycles. The van der Waals surface area contributed by atoms with E-state index in [0.717, 1.165) is 30.6 Å². The third-order valence-electron chi connectivity index (χ3n) is 5.24. The first kappa shape index (κ1) is 14.3. The first-order valence-electron chi connectivity index (χ1n) is 8.25. The summed E-state index contributed by atoms with van der Waals surface area (Å²) in [5.74, 6) is 0.969. The van der Waals surface area contributed by atoms with Gasteiger partial charge in [-0.05, 0) is 45.1 Å². The molecule has 2 rings (SSSR count). The summed E-state index contributed by atoms with van der Waals surface area (Å²) in [6.45, 7) is 9.51. The number of likely N-dealkylation sites (tertiary alicyclic amines) is 1. The van der Waals surface area contributed by atoms with E-state index < -0.39 is 0 Å². The van der Waals surface area contributed by atoms with Crippen molar-refractivity contribution in [2.45, 2.75) is 83.8 Å². The molecular formula is C16H32N2. The van der Waals surface area contributed by atoms with Gasteiger partial charge in [0, 0.05) is 24.7 Å². The summed E-state index contributed by atoms with van der Waals surface area (Å²) in [7, 11) is 0. The molecule has 2 heteroatoms. The first-order valence-corrected chi connectivity index (χ1v) is 8.25. The van der Waals surface area contributed by atoms with Crippen LogP contribution >= 0.6 is 0 Å². The van der Waals surface area contributed by atoms with Crippen molar-refractivity contribution < 1.29 is 0 Å². The Morgan fingerprint density at radius 2 is 1.89 bits per heavy atom. The molecule has 4 unspecified atom stereocenters. The van der Waals surface area contributed by atoms with Gasteiger partial charge in [-0.2, -0.15) is 0 Å². The van der Waals surface area contributed by atoms with Crippen LogP contribution < -0.4 is 5.32 Å². The fourth-order valence-electron chi connectivity index (χ4n) is 4.26. The van der Waals surface area contributed by atoms with E-state index in [2.05, 4.69) is 31.0 Å². The van der Waals surface area contributed by atoms with E-state index in [-0.39, 0.29) is 0 Å². The summed E-state index contributed by atoms with van der Waals surface area (Å²) in [5.41, 5.74) is 0. The van der Waals surface area contributed by atoms with Crippen LogP contribution in [0.2, 0.25) is 0 Å². The molecule has 1 saturated carbocycles. The van der Waals surface area contributed by atoms with Crippen LogP contribution in [-0.2, 0) is 0 Å². The Morgan fingerprint density at radius 3 is 2.56 bits per heavy atom. The average molecular weight is 252 g/mol. The lowest BCUT2D eigenvalue weighted by Gasteiger charge is -2.47. The largest absolute Gasteiger partial charge is 0.314 e. The van der Waals surface area contributed by atoms with Crippen LogP contribution in [0.25, 0.3) is 0 Å². The van der Waals surface area contributed by atoms with Crippen molar-refractivity contribution in [2.75, 3.05) is 13.1 Å². The van der Waals surface area contributed by atoms with Gasteiger partial charge >= 0.3 is 0 Å². The molecule has 2 fully saturated rings. The highest BCUT2D eigenvalue weighted by molar-refractivity contribution is 4.90. The molecule has 0 spiro atoms. The van der Waals surface area contributed by atoms with Gasteiger partial charge in [0.1, 0.15) is 0 Å².